The van der Waals surface area contributed by atoms with E-state index in [2.05, 4.69) is 18.6 Å². The highest BCUT2D eigenvalue weighted by molar-refractivity contribution is 7.87. The highest BCUT2D eigenvalue weighted by Crippen LogP contribution is 2.34. The van der Waals surface area contributed by atoms with Crippen molar-refractivity contribution in [3.8, 4) is 0 Å². The Morgan fingerprint density at radius 2 is 1.85 bits per heavy atom. The van der Waals surface area contributed by atoms with Gasteiger partial charge in [0.05, 0.1) is 0 Å². The minimum atomic E-state index is -3.41. The van der Waals surface area contributed by atoms with Gasteiger partial charge in [0.2, 0.25) is 0 Å². The van der Waals surface area contributed by atoms with E-state index < -0.39 is 15.7 Å². The predicted octanol–water partition coefficient (Wildman–Crippen LogP) is 2.74. The van der Waals surface area contributed by atoms with Crippen molar-refractivity contribution in [1.29, 1.82) is 0 Å². The molecule has 1 aliphatic carbocycles. The summed E-state index contributed by atoms with van der Waals surface area (Å²) in [7, 11) is -3.41. The summed E-state index contributed by atoms with van der Waals surface area (Å²) >= 11 is 6.11. The Bertz CT molecular complexity index is 419. The second-order valence-electron chi connectivity index (χ2n) is 6.81. The van der Waals surface area contributed by atoms with Crippen molar-refractivity contribution >= 4 is 21.8 Å². The number of hydrogen-bond acceptors (Lipinski definition) is 2. The number of hydrogen-bond donors (Lipinski definition) is 1. The first-order valence-corrected chi connectivity index (χ1v) is 9.69. The van der Waals surface area contributed by atoms with E-state index >= 15 is 0 Å². The fourth-order valence-corrected chi connectivity index (χ4v) is 5.47. The van der Waals surface area contributed by atoms with Gasteiger partial charge in [-0.05, 0) is 50.4 Å². The molecule has 1 heterocycles. The molecule has 4 nitrogen and oxygen atoms in total. The van der Waals surface area contributed by atoms with Gasteiger partial charge in [-0.3, -0.25) is 0 Å². The van der Waals surface area contributed by atoms with Crippen LogP contribution in [0.5, 0.6) is 0 Å². The molecule has 20 heavy (non-hydrogen) atoms. The summed E-state index contributed by atoms with van der Waals surface area (Å²) in [5.41, 5.74) is -0.437. The second kappa shape index (κ2) is 6.51. The lowest BCUT2D eigenvalue weighted by atomic mass is 9.79. The van der Waals surface area contributed by atoms with E-state index in [0.717, 1.165) is 38.5 Å². The zero-order valence-electron chi connectivity index (χ0n) is 12.6. The summed E-state index contributed by atoms with van der Waals surface area (Å²) in [5, 5.41) is 0. The fourth-order valence-electron chi connectivity index (χ4n) is 3.28. The summed E-state index contributed by atoms with van der Waals surface area (Å²) in [6, 6.07) is 0. The molecule has 1 N–H and O–H groups in total. The van der Waals surface area contributed by atoms with Crippen LogP contribution in [-0.2, 0) is 10.2 Å². The lowest BCUT2D eigenvalue weighted by molar-refractivity contribution is 0.231. The molecule has 1 atom stereocenters. The Morgan fingerprint density at radius 3 is 2.40 bits per heavy atom. The molecule has 0 aromatic carbocycles. The van der Waals surface area contributed by atoms with Gasteiger partial charge >= 0.3 is 0 Å². The molecule has 118 valence electrons. The Balaban J connectivity index is 2.05. The molecular weight excluding hydrogens is 296 g/mol. The standard InChI is InChI=1S/C14H27ClN2O2S/c1-12-5-7-14(11-15,8-6-12)16-20(18,19)17-9-3-4-13(2)10-17/h12-13,16H,3-11H2,1-2H3. The molecule has 1 unspecified atom stereocenters. The lowest BCUT2D eigenvalue weighted by Gasteiger charge is -2.40. The number of rotatable bonds is 4. The van der Waals surface area contributed by atoms with Crippen LogP contribution in [0, 0.1) is 11.8 Å². The van der Waals surface area contributed by atoms with E-state index in [1.54, 1.807) is 4.31 Å². The zero-order chi connectivity index (χ0) is 14.8. The van der Waals surface area contributed by atoms with E-state index in [0.29, 0.717) is 30.8 Å². The third kappa shape index (κ3) is 3.87. The van der Waals surface area contributed by atoms with Crippen molar-refractivity contribution in [2.45, 2.75) is 57.9 Å². The van der Waals surface area contributed by atoms with Crippen molar-refractivity contribution in [1.82, 2.24) is 9.03 Å². The van der Waals surface area contributed by atoms with Gasteiger partial charge in [0.15, 0.2) is 0 Å². The van der Waals surface area contributed by atoms with E-state index in [1.807, 2.05) is 0 Å². The predicted molar refractivity (Wildman–Crippen MR) is 83.1 cm³/mol. The number of nitrogens with one attached hydrogen (secondary N) is 1. The van der Waals surface area contributed by atoms with Crippen molar-refractivity contribution < 1.29 is 8.42 Å². The van der Waals surface area contributed by atoms with Crippen LogP contribution in [0.1, 0.15) is 52.4 Å². The van der Waals surface area contributed by atoms with Gasteiger partial charge in [-0.15, -0.1) is 11.6 Å². The van der Waals surface area contributed by atoms with Crippen molar-refractivity contribution in [3.63, 3.8) is 0 Å². The van der Waals surface area contributed by atoms with Crippen LogP contribution in [0.4, 0.5) is 0 Å². The Kier molecular flexibility index (Phi) is 5.38. The molecule has 0 amide bonds. The van der Waals surface area contributed by atoms with E-state index in [4.69, 9.17) is 11.6 Å². The topological polar surface area (TPSA) is 49.4 Å². The first kappa shape index (κ1) is 16.5. The first-order valence-electron chi connectivity index (χ1n) is 7.72. The molecular formula is C14H27ClN2O2S. The smallest absolute Gasteiger partial charge is 0.195 e. The minimum Gasteiger partial charge on any atom is -0.195 e. The molecule has 2 fully saturated rings. The highest BCUT2D eigenvalue weighted by Gasteiger charge is 2.39. The third-order valence-corrected chi connectivity index (χ3v) is 7.01. The maximum atomic E-state index is 12.6. The van der Waals surface area contributed by atoms with Crippen LogP contribution < -0.4 is 4.72 Å². The Morgan fingerprint density at radius 1 is 1.20 bits per heavy atom. The average molecular weight is 323 g/mol. The van der Waals surface area contributed by atoms with Crippen molar-refractivity contribution in [3.05, 3.63) is 0 Å². The van der Waals surface area contributed by atoms with Gasteiger partial charge in [0.25, 0.3) is 10.2 Å². The summed E-state index contributed by atoms with van der Waals surface area (Å²) < 4.78 is 29.7. The van der Waals surface area contributed by atoms with Crippen LogP contribution in [0.3, 0.4) is 0 Å². The largest absolute Gasteiger partial charge is 0.280 e. The highest BCUT2D eigenvalue weighted by atomic mass is 35.5. The molecule has 1 aliphatic heterocycles. The molecule has 2 rings (SSSR count). The van der Waals surface area contributed by atoms with Crippen molar-refractivity contribution in [2.24, 2.45) is 11.8 Å². The molecule has 0 bridgehead atoms. The first-order chi connectivity index (χ1) is 9.37. The van der Waals surface area contributed by atoms with Gasteiger partial charge in [-0.2, -0.15) is 17.4 Å². The summed E-state index contributed by atoms with van der Waals surface area (Å²) in [6.45, 7) is 5.60. The van der Waals surface area contributed by atoms with Crippen LogP contribution in [-0.4, -0.2) is 37.2 Å². The summed E-state index contributed by atoms with van der Waals surface area (Å²) in [5.74, 6) is 1.48. The maximum absolute atomic E-state index is 12.6. The number of nitrogens with zero attached hydrogens (tertiary/aromatic N) is 1. The van der Waals surface area contributed by atoms with Crippen molar-refractivity contribution in [2.75, 3.05) is 19.0 Å². The summed E-state index contributed by atoms with van der Waals surface area (Å²) in [6.07, 6.45) is 5.86. The average Bonchev–Trinajstić information content (AvgIpc) is 2.41. The Labute approximate surface area is 128 Å². The van der Waals surface area contributed by atoms with Gasteiger partial charge in [0.1, 0.15) is 0 Å². The van der Waals surface area contributed by atoms with E-state index in [1.165, 1.54) is 0 Å². The summed E-state index contributed by atoms with van der Waals surface area (Å²) in [4.78, 5) is 0. The zero-order valence-corrected chi connectivity index (χ0v) is 14.1. The lowest BCUT2D eigenvalue weighted by Crippen LogP contribution is -2.57. The van der Waals surface area contributed by atoms with Crippen LogP contribution in [0.25, 0.3) is 0 Å². The number of piperidine rings is 1. The van der Waals surface area contributed by atoms with Crippen LogP contribution in [0.15, 0.2) is 0 Å². The molecule has 0 spiro atoms. The molecule has 0 aromatic heterocycles. The molecule has 0 radical (unpaired) electrons. The molecule has 6 heteroatoms. The van der Waals surface area contributed by atoms with E-state index in [9.17, 15) is 8.42 Å². The molecule has 1 saturated heterocycles. The quantitative estimate of drug-likeness (QED) is 0.809. The normalized spacial score (nSPS) is 37.0. The minimum absolute atomic E-state index is 0.363. The third-order valence-electron chi connectivity index (χ3n) is 4.79. The van der Waals surface area contributed by atoms with Gasteiger partial charge < -0.3 is 0 Å². The van der Waals surface area contributed by atoms with Crippen LogP contribution >= 0.6 is 11.6 Å². The number of alkyl halides is 1. The molecule has 1 saturated carbocycles. The maximum Gasteiger partial charge on any atom is 0.280 e. The van der Waals surface area contributed by atoms with Crippen LogP contribution in [0.2, 0.25) is 0 Å². The number of halogens is 1. The monoisotopic (exact) mass is 322 g/mol. The van der Waals surface area contributed by atoms with E-state index in [-0.39, 0.29) is 0 Å². The molecule has 2 aliphatic rings. The fraction of sp³-hybridized carbons (Fsp3) is 1.00. The second-order valence-corrected chi connectivity index (χ2v) is 8.75. The van der Waals surface area contributed by atoms with Gasteiger partial charge in [-0.25, -0.2) is 0 Å². The Hall–Kier alpha value is 0.160. The molecule has 0 aromatic rings. The van der Waals surface area contributed by atoms with Gasteiger partial charge in [-0.1, -0.05) is 13.8 Å². The van der Waals surface area contributed by atoms with Gasteiger partial charge in [0, 0.05) is 24.5 Å². The SMILES string of the molecule is CC1CCC(CCl)(NS(=O)(=O)N2CCCC(C)C2)CC1.